The minimum Gasteiger partial charge on any atom is -0.306 e. The number of rotatable bonds is 2. The Morgan fingerprint density at radius 3 is 2.84 bits per heavy atom. The molecule has 0 spiro atoms. The third-order valence-corrected chi connectivity index (χ3v) is 4.22. The molecule has 3 aromatic rings. The van der Waals surface area contributed by atoms with Gasteiger partial charge in [0.25, 0.3) is 5.91 Å². The van der Waals surface area contributed by atoms with Gasteiger partial charge in [0, 0.05) is 15.4 Å². The highest BCUT2D eigenvalue weighted by Crippen LogP contribution is 2.26. The van der Waals surface area contributed by atoms with E-state index in [1.807, 2.05) is 36.4 Å². The zero-order valence-electron chi connectivity index (χ0n) is 9.76. The van der Waals surface area contributed by atoms with Crippen molar-refractivity contribution in [2.45, 2.75) is 0 Å². The number of aromatic nitrogens is 1. The lowest BCUT2D eigenvalue weighted by atomic mass is 10.2. The maximum Gasteiger partial charge on any atom is 0.266 e. The highest BCUT2D eigenvalue weighted by atomic mass is 79.9. The van der Waals surface area contributed by atoms with E-state index in [9.17, 15) is 4.79 Å². The molecule has 3 nitrogen and oxygen atoms in total. The topological polar surface area (TPSA) is 42.0 Å². The number of fused-ring (bicyclic) bond motifs is 1. The van der Waals surface area contributed by atoms with Crippen molar-refractivity contribution in [3.05, 3.63) is 58.0 Å². The van der Waals surface area contributed by atoms with Gasteiger partial charge < -0.3 is 5.32 Å². The monoisotopic (exact) mass is 332 g/mol. The Balaban J connectivity index is 1.87. The number of anilines is 1. The van der Waals surface area contributed by atoms with Gasteiger partial charge in [0.1, 0.15) is 5.82 Å². The zero-order valence-corrected chi connectivity index (χ0v) is 12.2. The molecule has 94 valence electrons. The summed E-state index contributed by atoms with van der Waals surface area (Å²) in [6, 6.07) is 13.4. The lowest BCUT2D eigenvalue weighted by Crippen LogP contribution is -2.11. The van der Waals surface area contributed by atoms with Crippen molar-refractivity contribution >= 4 is 49.1 Å². The van der Waals surface area contributed by atoms with E-state index >= 15 is 0 Å². The van der Waals surface area contributed by atoms with Crippen LogP contribution in [0.3, 0.4) is 0 Å². The van der Waals surface area contributed by atoms with Crippen LogP contribution in [0.5, 0.6) is 0 Å². The van der Waals surface area contributed by atoms with Crippen LogP contribution in [0, 0.1) is 0 Å². The Morgan fingerprint density at radius 2 is 2.05 bits per heavy atom. The fourth-order valence-corrected chi connectivity index (χ4v) is 3.04. The second-order valence-corrected chi connectivity index (χ2v) is 5.96. The van der Waals surface area contributed by atoms with Crippen LogP contribution in [-0.2, 0) is 0 Å². The van der Waals surface area contributed by atoms with Crippen LogP contribution < -0.4 is 5.32 Å². The maximum atomic E-state index is 12.1. The summed E-state index contributed by atoms with van der Waals surface area (Å²) in [7, 11) is 0. The quantitative estimate of drug-likeness (QED) is 0.759. The van der Waals surface area contributed by atoms with E-state index in [0.29, 0.717) is 10.7 Å². The minimum atomic E-state index is -0.133. The summed E-state index contributed by atoms with van der Waals surface area (Å²) in [4.78, 5) is 16.9. The summed E-state index contributed by atoms with van der Waals surface area (Å²) in [6.45, 7) is 0. The molecule has 0 radical (unpaired) electrons. The second kappa shape index (κ2) is 5.11. The number of benzene rings is 1. The summed E-state index contributed by atoms with van der Waals surface area (Å²) in [5.74, 6) is 0.406. The summed E-state index contributed by atoms with van der Waals surface area (Å²) in [5.41, 5.74) is 0. The van der Waals surface area contributed by atoms with Crippen LogP contribution in [0.1, 0.15) is 9.67 Å². The molecule has 1 aromatic carbocycles. The Morgan fingerprint density at radius 1 is 1.21 bits per heavy atom. The molecule has 0 bridgehead atoms. The predicted octanol–water partition coefficient (Wildman–Crippen LogP) is 4.31. The molecule has 0 aliphatic heterocycles. The van der Waals surface area contributed by atoms with Gasteiger partial charge in [0.15, 0.2) is 0 Å². The molecular formula is C14H9BrN2OS. The van der Waals surface area contributed by atoms with Gasteiger partial charge in [-0.3, -0.25) is 4.79 Å². The summed E-state index contributed by atoms with van der Waals surface area (Å²) < 4.78 is 1.99. The Labute approximate surface area is 122 Å². The minimum absolute atomic E-state index is 0.133. The van der Waals surface area contributed by atoms with Gasteiger partial charge in [0.05, 0.1) is 4.88 Å². The van der Waals surface area contributed by atoms with E-state index in [2.05, 4.69) is 26.2 Å². The van der Waals surface area contributed by atoms with Crippen molar-refractivity contribution in [1.29, 1.82) is 0 Å². The molecule has 5 heteroatoms. The number of amides is 1. The number of pyridine rings is 1. The fourth-order valence-electron chi connectivity index (χ4n) is 1.74. The number of carbonyl (C=O) groups is 1. The SMILES string of the molecule is O=C(Nc1cc(Br)ccn1)c1cc2ccccc2s1. The molecule has 1 amide bonds. The molecule has 0 aliphatic rings. The number of nitrogens with one attached hydrogen (secondary N) is 1. The molecule has 0 saturated heterocycles. The first-order valence-electron chi connectivity index (χ1n) is 5.64. The normalized spacial score (nSPS) is 10.6. The number of hydrogen-bond acceptors (Lipinski definition) is 3. The van der Waals surface area contributed by atoms with Gasteiger partial charge in [-0.05, 0) is 29.7 Å². The van der Waals surface area contributed by atoms with E-state index in [1.165, 1.54) is 11.3 Å². The van der Waals surface area contributed by atoms with E-state index in [1.54, 1.807) is 12.3 Å². The van der Waals surface area contributed by atoms with Crippen molar-refractivity contribution in [3.63, 3.8) is 0 Å². The second-order valence-electron chi connectivity index (χ2n) is 3.96. The maximum absolute atomic E-state index is 12.1. The van der Waals surface area contributed by atoms with E-state index in [-0.39, 0.29) is 5.91 Å². The van der Waals surface area contributed by atoms with E-state index in [4.69, 9.17) is 0 Å². The van der Waals surface area contributed by atoms with Gasteiger partial charge in [-0.2, -0.15) is 0 Å². The predicted molar refractivity (Wildman–Crippen MR) is 81.7 cm³/mol. The molecule has 19 heavy (non-hydrogen) atoms. The number of halogens is 1. The molecule has 0 unspecified atom stereocenters. The average Bonchev–Trinajstić information content (AvgIpc) is 2.82. The van der Waals surface area contributed by atoms with Crippen LogP contribution in [-0.4, -0.2) is 10.9 Å². The molecule has 2 heterocycles. The highest BCUT2D eigenvalue weighted by Gasteiger charge is 2.10. The first-order chi connectivity index (χ1) is 9.22. The summed E-state index contributed by atoms with van der Waals surface area (Å²) >= 11 is 4.83. The summed E-state index contributed by atoms with van der Waals surface area (Å²) in [5, 5.41) is 3.87. The molecular weight excluding hydrogens is 324 g/mol. The molecule has 0 saturated carbocycles. The number of thiophene rings is 1. The zero-order chi connectivity index (χ0) is 13.2. The van der Waals surface area contributed by atoms with Crippen molar-refractivity contribution in [3.8, 4) is 0 Å². The van der Waals surface area contributed by atoms with Gasteiger partial charge in [-0.1, -0.05) is 34.1 Å². The van der Waals surface area contributed by atoms with Gasteiger partial charge >= 0.3 is 0 Å². The highest BCUT2D eigenvalue weighted by molar-refractivity contribution is 9.10. The van der Waals surface area contributed by atoms with Crippen molar-refractivity contribution in [2.24, 2.45) is 0 Å². The van der Waals surface area contributed by atoms with Crippen LogP contribution in [0.4, 0.5) is 5.82 Å². The smallest absolute Gasteiger partial charge is 0.266 e. The third-order valence-electron chi connectivity index (χ3n) is 2.61. The van der Waals surface area contributed by atoms with Crippen LogP contribution in [0.15, 0.2) is 53.1 Å². The van der Waals surface area contributed by atoms with Gasteiger partial charge in [-0.25, -0.2) is 4.98 Å². The van der Waals surface area contributed by atoms with E-state index in [0.717, 1.165) is 14.6 Å². The molecule has 2 aromatic heterocycles. The molecule has 0 atom stereocenters. The van der Waals surface area contributed by atoms with Crippen molar-refractivity contribution in [2.75, 3.05) is 5.32 Å². The lowest BCUT2D eigenvalue weighted by molar-refractivity contribution is 0.103. The average molecular weight is 333 g/mol. The largest absolute Gasteiger partial charge is 0.306 e. The molecule has 0 fully saturated rings. The van der Waals surface area contributed by atoms with Crippen LogP contribution in [0.2, 0.25) is 0 Å². The van der Waals surface area contributed by atoms with Crippen molar-refractivity contribution in [1.82, 2.24) is 4.98 Å². The first kappa shape index (κ1) is 12.3. The summed E-state index contributed by atoms with van der Waals surface area (Å²) in [6.07, 6.45) is 1.64. The first-order valence-corrected chi connectivity index (χ1v) is 7.25. The van der Waals surface area contributed by atoms with E-state index < -0.39 is 0 Å². The fraction of sp³-hybridized carbons (Fsp3) is 0. The Bertz CT molecular complexity index is 721. The number of hydrogen-bond donors (Lipinski definition) is 1. The van der Waals surface area contributed by atoms with Gasteiger partial charge in [-0.15, -0.1) is 11.3 Å². The van der Waals surface area contributed by atoms with Crippen LogP contribution in [0.25, 0.3) is 10.1 Å². The lowest BCUT2D eigenvalue weighted by Gasteiger charge is -2.02. The van der Waals surface area contributed by atoms with Crippen LogP contribution >= 0.6 is 27.3 Å². The number of nitrogens with zero attached hydrogens (tertiary/aromatic N) is 1. The molecule has 1 N–H and O–H groups in total. The Hall–Kier alpha value is -1.72. The molecule has 3 rings (SSSR count). The van der Waals surface area contributed by atoms with Crippen molar-refractivity contribution < 1.29 is 4.79 Å². The third kappa shape index (κ3) is 2.67. The molecule has 0 aliphatic carbocycles. The van der Waals surface area contributed by atoms with Gasteiger partial charge in [0.2, 0.25) is 0 Å². The standard InChI is InChI=1S/C14H9BrN2OS/c15-10-5-6-16-13(8-10)17-14(18)12-7-9-3-1-2-4-11(9)19-12/h1-8H,(H,16,17,18). The Kier molecular flexibility index (Phi) is 3.31. The number of carbonyl (C=O) groups excluding carboxylic acids is 1.